The second-order valence-corrected chi connectivity index (χ2v) is 4.89. The van der Waals surface area contributed by atoms with E-state index in [1.807, 2.05) is 0 Å². The van der Waals surface area contributed by atoms with Crippen molar-refractivity contribution in [1.82, 2.24) is 0 Å². The summed E-state index contributed by atoms with van der Waals surface area (Å²) in [5, 5.41) is 0. The van der Waals surface area contributed by atoms with Crippen LogP contribution in [-0.4, -0.2) is 6.54 Å². The summed E-state index contributed by atoms with van der Waals surface area (Å²) < 4.78 is 0. The van der Waals surface area contributed by atoms with Gasteiger partial charge in [-0.15, -0.1) is 0 Å². The van der Waals surface area contributed by atoms with Gasteiger partial charge >= 0.3 is 0 Å². The zero-order valence-electron chi connectivity index (χ0n) is 11.4. The molecular formula is C16H25N. The van der Waals surface area contributed by atoms with Gasteiger partial charge in [0.2, 0.25) is 0 Å². The highest BCUT2D eigenvalue weighted by molar-refractivity contribution is 5.17. The highest BCUT2D eigenvalue weighted by Crippen LogP contribution is 2.39. The van der Waals surface area contributed by atoms with Crippen molar-refractivity contribution >= 4 is 0 Å². The lowest BCUT2D eigenvalue weighted by molar-refractivity contribution is 0.325. The Balaban J connectivity index is 2.56. The number of hydrogen-bond donors (Lipinski definition) is 1. The van der Waals surface area contributed by atoms with Crippen molar-refractivity contribution in [1.29, 1.82) is 0 Å². The molecule has 0 aromatic carbocycles. The van der Waals surface area contributed by atoms with E-state index < -0.39 is 0 Å². The summed E-state index contributed by atoms with van der Waals surface area (Å²) in [6.07, 6.45) is 10.5. The van der Waals surface area contributed by atoms with Crippen molar-refractivity contribution in [3.8, 4) is 11.8 Å². The van der Waals surface area contributed by atoms with Gasteiger partial charge in [-0.25, -0.2) is 0 Å². The van der Waals surface area contributed by atoms with Crippen molar-refractivity contribution in [3.63, 3.8) is 0 Å². The fourth-order valence-electron chi connectivity index (χ4n) is 2.52. The summed E-state index contributed by atoms with van der Waals surface area (Å²) in [6, 6.07) is 0. The van der Waals surface area contributed by atoms with Crippen LogP contribution in [0.1, 0.15) is 40.0 Å². The van der Waals surface area contributed by atoms with Crippen molar-refractivity contribution in [2.75, 3.05) is 6.54 Å². The lowest BCUT2D eigenvalue weighted by Crippen LogP contribution is -2.21. The lowest BCUT2D eigenvalue weighted by Gasteiger charge is -2.33. The van der Waals surface area contributed by atoms with E-state index in [0.29, 0.717) is 18.4 Å². The van der Waals surface area contributed by atoms with Crippen LogP contribution in [0.25, 0.3) is 0 Å². The second-order valence-electron chi connectivity index (χ2n) is 4.89. The van der Waals surface area contributed by atoms with E-state index in [4.69, 9.17) is 5.73 Å². The van der Waals surface area contributed by atoms with Crippen molar-refractivity contribution in [2.24, 2.45) is 23.5 Å². The van der Waals surface area contributed by atoms with Gasteiger partial charge in [0.1, 0.15) is 0 Å². The molecule has 2 N–H and O–H groups in total. The summed E-state index contributed by atoms with van der Waals surface area (Å²) in [5.41, 5.74) is 7.09. The van der Waals surface area contributed by atoms with E-state index in [0.717, 1.165) is 5.92 Å². The minimum atomic E-state index is 0.363. The maximum Gasteiger partial charge on any atom is 0.0551 e. The lowest BCUT2D eigenvalue weighted by atomic mass is 9.72. The Morgan fingerprint density at radius 3 is 2.71 bits per heavy atom. The summed E-state index contributed by atoms with van der Waals surface area (Å²) >= 11 is 0. The molecule has 3 unspecified atom stereocenters. The molecule has 1 fully saturated rings. The number of nitrogens with two attached hydrogens (primary N) is 1. The Morgan fingerprint density at radius 2 is 2.24 bits per heavy atom. The zero-order chi connectivity index (χ0) is 12.7. The van der Waals surface area contributed by atoms with Crippen LogP contribution in [0.4, 0.5) is 0 Å². The Kier molecular flexibility index (Phi) is 6.08. The molecule has 0 aliphatic heterocycles. The van der Waals surface area contributed by atoms with Gasteiger partial charge in [-0.3, -0.25) is 0 Å². The van der Waals surface area contributed by atoms with Crippen molar-refractivity contribution < 1.29 is 0 Å². The average molecular weight is 231 g/mol. The molecule has 0 aromatic rings. The van der Waals surface area contributed by atoms with E-state index in [2.05, 4.69) is 50.8 Å². The van der Waals surface area contributed by atoms with Gasteiger partial charge in [-0.2, -0.15) is 0 Å². The predicted octanol–water partition coefficient (Wildman–Crippen LogP) is 3.52. The molecule has 1 rings (SSSR count). The van der Waals surface area contributed by atoms with E-state index in [-0.39, 0.29) is 0 Å². The van der Waals surface area contributed by atoms with Crippen LogP contribution >= 0.6 is 0 Å². The molecule has 0 radical (unpaired) electrons. The normalized spacial score (nSPS) is 25.2. The highest BCUT2D eigenvalue weighted by atomic mass is 14.5. The monoisotopic (exact) mass is 231 g/mol. The van der Waals surface area contributed by atoms with Crippen molar-refractivity contribution in [2.45, 2.75) is 40.0 Å². The number of hydrogen-bond acceptors (Lipinski definition) is 1. The van der Waals surface area contributed by atoms with Crippen LogP contribution in [0.2, 0.25) is 0 Å². The number of rotatable bonds is 4. The standard InChI is InChI=1S/C16H25N/c1-4-7-15(8-6-11-17)13(3)12-16-10-9-14(16)5-2/h4-5,7,13,15-16H,9-12,17H2,1-3H3. The zero-order valence-corrected chi connectivity index (χ0v) is 11.4. The maximum absolute atomic E-state index is 5.45. The van der Waals surface area contributed by atoms with Gasteiger partial charge in [0, 0.05) is 5.92 Å². The second kappa shape index (κ2) is 7.35. The van der Waals surface area contributed by atoms with Crippen LogP contribution in [-0.2, 0) is 0 Å². The Labute approximate surface area is 106 Å². The molecule has 0 saturated heterocycles. The molecule has 0 heterocycles. The van der Waals surface area contributed by atoms with Gasteiger partial charge in [0.15, 0.2) is 0 Å². The van der Waals surface area contributed by atoms with Gasteiger partial charge < -0.3 is 5.73 Å². The third-order valence-corrected chi connectivity index (χ3v) is 3.72. The minimum Gasteiger partial charge on any atom is -0.320 e. The van der Waals surface area contributed by atoms with E-state index in [1.54, 1.807) is 5.57 Å². The first kappa shape index (κ1) is 14.1. The summed E-state index contributed by atoms with van der Waals surface area (Å²) in [6.45, 7) is 6.99. The van der Waals surface area contributed by atoms with Gasteiger partial charge in [0.05, 0.1) is 6.54 Å². The van der Waals surface area contributed by atoms with Crippen LogP contribution in [0, 0.1) is 29.6 Å². The molecule has 94 valence electrons. The fraction of sp³-hybridized carbons (Fsp3) is 0.625. The maximum atomic E-state index is 5.45. The number of allylic oxidation sites excluding steroid dienone is 4. The topological polar surface area (TPSA) is 26.0 Å². The third-order valence-electron chi connectivity index (χ3n) is 3.72. The molecule has 3 atom stereocenters. The summed E-state index contributed by atoms with van der Waals surface area (Å²) in [4.78, 5) is 0. The van der Waals surface area contributed by atoms with Crippen LogP contribution in [0.15, 0.2) is 23.8 Å². The summed E-state index contributed by atoms with van der Waals surface area (Å²) in [5.74, 6) is 8.07. The molecular weight excluding hydrogens is 206 g/mol. The molecule has 17 heavy (non-hydrogen) atoms. The Morgan fingerprint density at radius 1 is 1.47 bits per heavy atom. The minimum absolute atomic E-state index is 0.363. The Bertz CT molecular complexity index is 340. The Hall–Kier alpha value is -1.00. The molecule has 1 nitrogen and oxygen atoms in total. The van der Waals surface area contributed by atoms with Crippen LogP contribution < -0.4 is 5.73 Å². The largest absolute Gasteiger partial charge is 0.320 e. The van der Waals surface area contributed by atoms with E-state index >= 15 is 0 Å². The predicted molar refractivity (Wildman–Crippen MR) is 75.4 cm³/mol. The van der Waals surface area contributed by atoms with Crippen LogP contribution in [0.3, 0.4) is 0 Å². The molecule has 1 aliphatic rings. The smallest absolute Gasteiger partial charge is 0.0551 e. The first-order valence-electron chi connectivity index (χ1n) is 6.69. The molecule has 1 heteroatoms. The average Bonchev–Trinajstić information content (AvgIpc) is 2.30. The van der Waals surface area contributed by atoms with Crippen molar-refractivity contribution in [3.05, 3.63) is 23.8 Å². The molecule has 0 aromatic heterocycles. The first-order valence-corrected chi connectivity index (χ1v) is 6.69. The summed E-state index contributed by atoms with van der Waals surface area (Å²) in [7, 11) is 0. The third kappa shape index (κ3) is 4.06. The molecule has 1 saturated carbocycles. The molecule has 0 bridgehead atoms. The molecule has 0 spiro atoms. The van der Waals surface area contributed by atoms with E-state index in [9.17, 15) is 0 Å². The van der Waals surface area contributed by atoms with Gasteiger partial charge in [-0.05, 0) is 44.9 Å². The SMILES string of the molecule is CC=CC(C#CCN)C(C)CC1CCC1=CC. The van der Waals surface area contributed by atoms with Gasteiger partial charge in [0.25, 0.3) is 0 Å². The quantitative estimate of drug-likeness (QED) is 0.581. The molecule has 1 aliphatic carbocycles. The molecule has 0 amide bonds. The highest BCUT2D eigenvalue weighted by Gasteiger charge is 2.26. The fourth-order valence-corrected chi connectivity index (χ4v) is 2.52. The van der Waals surface area contributed by atoms with Gasteiger partial charge in [-0.1, -0.05) is 42.6 Å². The van der Waals surface area contributed by atoms with E-state index in [1.165, 1.54) is 19.3 Å². The van der Waals surface area contributed by atoms with Crippen LogP contribution in [0.5, 0.6) is 0 Å². The first-order chi connectivity index (χ1) is 8.22.